The molecule has 1 unspecified atom stereocenters. The smallest absolute Gasteiger partial charge is 0.133 e. The van der Waals surface area contributed by atoms with Gasteiger partial charge in [0.25, 0.3) is 0 Å². The molecule has 1 aliphatic heterocycles. The Morgan fingerprint density at radius 1 is 1.42 bits per heavy atom. The third kappa shape index (κ3) is 4.20. The summed E-state index contributed by atoms with van der Waals surface area (Å²) in [5.41, 5.74) is 1.31. The first kappa shape index (κ1) is 14.8. The van der Waals surface area contributed by atoms with Crippen LogP contribution in [0, 0.1) is 0 Å². The number of likely N-dealkylation sites (tertiary alicyclic amines) is 1. The molecular formula is C15H22BrNO2. The zero-order valence-electron chi connectivity index (χ0n) is 11.7. The second-order valence-corrected chi connectivity index (χ2v) is 5.78. The number of halogens is 1. The lowest BCUT2D eigenvalue weighted by Gasteiger charge is -2.32. The van der Waals surface area contributed by atoms with Crippen molar-refractivity contribution in [2.24, 2.45) is 0 Å². The Bertz CT molecular complexity index is 409. The summed E-state index contributed by atoms with van der Waals surface area (Å²) in [5, 5.41) is 0. The maximum Gasteiger partial charge on any atom is 0.133 e. The molecule has 1 aromatic rings. The fourth-order valence-corrected chi connectivity index (χ4v) is 3.18. The van der Waals surface area contributed by atoms with Gasteiger partial charge in [-0.2, -0.15) is 0 Å². The highest BCUT2D eigenvalue weighted by Gasteiger charge is 2.20. The van der Waals surface area contributed by atoms with Crippen LogP contribution in [0.5, 0.6) is 5.75 Å². The Balaban J connectivity index is 1.94. The zero-order chi connectivity index (χ0) is 13.7. The number of hydrogen-bond donors (Lipinski definition) is 0. The Hall–Kier alpha value is -0.580. The van der Waals surface area contributed by atoms with Crippen LogP contribution in [0.1, 0.15) is 25.3 Å². The lowest BCUT2D eigenvalue weighted by atomic mass is 10.1. The molecule has 0 spiro atoms. The van der Waals surface area contributed by atoms with E-state index in [1.54, 1.807) is 7.11 Å². The molecule has 0 aromatic heterocycles. The molecule has 0 bridgehead atoms. The highest BCUT2D eigenvalue weighted by atomic mass is 79.9. The van der Waals surface area contributed by atoms with Crippen LogP contribution in [0.25, 0.3) is 0 Å². The van der Waals surface area contributed by atoms with Crippen LogP contribution in [0.3, 0.4) is 0 Å². The maximum absolute atomic E-state index is 5.74. The largest absolute Gasteiger partial charge is 0.496 e. The minimum absolute atomic E-state index is 0.403. The summed E-state index contributed by atoms with van der Waals surface area (Å²) < 4.78 is 12.0. The molecule has 106 valence electrons. The van der Waals surface area contributed by atoms with Crippen molar-refractivity contribution < 1.29 is 9.47 Å². The quantitative estimate of drug-likeness (QED) is 0.826. The van der Waals surface area contributed by atoms with Gasteiger partial charge in [0, 0.05) is 19.7 Å². The summed E-state index contributed by atoms with van der Waals surface area (Å²) in [6.07, 6.45) is 2.82. The summed E-state index contributed by atoms with van der Waals surface area (Å²) >= 11 is 3.54. The van der Waals surface area contributed by atoms with E-state index in [1.807, 2.05) is 6.07 Å². The van der Waals surface area contributed by atoms with Crippen LogP contribution in [0.2, 0.25) is 0 Å². The van der Waals surface area contributed by atoms with E-state index in [2.05, 4.69) is 39.9 Å². The molecule has 0 radical (unpaired) electrons. The summed E-state index contributed by atoms with van der Waals surface area (Å²) in [5.74, 6) is 0.884. The predicted octanol–water partition coefficient (Wildman–Crippen LogP) is 3.46. The lowest BCUT2D eigenvalue weighted by Crippen LogP contribution is -2.39. The van der Waals surface area contributed by atoms with E-state index in [-0.39, 0.29) is 0 Å². The number of ether oxygens (including phenoxy) is 2. The van der Waals surface area contributed by atoms with Gasteiger partial charge in [-0.25, -0.2) is 0 Å². The van der Waals surface area contributed by atoms with E-state index in [9.17, 15) is 0 Å². The molecule has 0 amide bonds. The van der Waals surface area contributed by atoms with Crippen LogP contribution in [0.4, 0.5) is 0 Å². The first-order valence-electron chi connectivity index (χ1n) is 6.89. The maximum atomic E-state index is 5.74. The molecule has 0 aliphatic carbocycles. The lowest BCUT2D eigenvalue weighted by molar-refractivity contribution is 0.00362. The van der Waals surface area contributed by atoms with Gasteiger partial charge in [0.15, 0.2) is 0 Å². The molecule has 19 heavy (non-hydrogen) atoms. The van der Waals surface area contributed by atoms with Gasteiger partial charge in [-0.05, 0) is 59.9 Å². The minimum atomic E-state index is 0.403. The molecule has 0 N–H and O–H groups in total. The number of hydrogen-bond acceptors (Lipinski definition) is 3. The number of methoxy groups -OCH3 is 1. The topological polar surface area (TPSA) is 21.7 Å². The average molecular weight is 328 g/mol. The van der Waals surface area contributed by atoms with Crippen LogP contribution in [-0.4, -0.2) is 37.8 Å². The number of nitrogens with zero attached hydrogens (tertiary/aromatic N) is 1. The number of rotatable bonds is 5. The Morgan fingerprint density at radius 3 is 2.95 bits per heavy atom. The third-order valence-corrected chi connectivity index (χ3v) is 4.11. The highest BCUT2D eigenvalue weighted by molar-refractivity contribution is 9.10. The molecule has 1 aliphatic rings. The third-order valence-electron chi connectivity index (χ3n) is 3.49. The van der Waals surface area contributed by atoms with Crippen molar-refractivity contribution >= 4 is 15.9 Å². The molecule has 1 aromatic carbocycles. The fourth-order valence-electron chi connectivity index (χ4n) is 2.59. The van der Waals surface area contributed by atoms with Crippen molar-refractivity contribution in [1.29, 1.82) is 0 Å². The summed E-state index contributed by atoms with van der Waals surface area (Å²) in [7, 11) is 1.69. The molecule has 1 atom stereocenters. The van der Waals surface area contributed by atoms with Gasteiger partial charge >= 0.3 is 0 Å². The molecule has 1 saturated heterocycles. The number of piperidine rings is 1. The van der Waals surface area contributed by atoms with Crippen LogP contribution < -0.4 is 4.74 Å². The second-order valence-electron chi connectivity index (χ2n) is 4.92. The number of benzene rings is 1. The SMILES string of the molecule is CCOC1CCCN(Cc2ccc(OC)c(Br)c2)C1. The molecule has 1 heterocycles. The van der Waals surface area contributed by atoms with Gasteiger partial charge in [0.1, 0.15) is 5.75 Å². The molecule has 1 fully saturated rings. The minimum Gasteiger partial charge on any atom is -0.496 e. The zero-order valence-corrected chi connectivity index (χ0v) is 13.3. The van der Waals surface area contributed by atoms with Gasteiger partial charge in [-0.1, -0.05) is 6.07 Å². The van der Waals surface area contributed by atoms with Crippen molar-refractivity contribution in [3.63, 3.8) is 0 Å². The van der Waals surface area contributed by atoms with Crippen molar-refractivity contribution in [1.82, 2.24) is 4.90 Å². The normalized spacial score (nSPS) is 20.5. The van der Waals surface area contributed by atoms with Crippen LogP contribution in [0.15, 0.2) is 22.7 Å². The van der Waals surface area contributed by atoms with E-state index < -0.39 is 0 Å². The molecule has 3 nitrogen and oxygen atoms in total. The highest BCUT2D eigenvalue weighted by Crippen LogP contribution is 2.26. The Kier molecular flexibility index (Phi) is 5.67. The van der Waals surface area contributed by atoms with E-state index in [0.29, 0.717) is 6.10 Å². The van der Waals surface area contributed by atoms with Crippen molar-refractivity contribution in [2.75, 3.05) is 26.8 Å². The van der Waals surface area contributed by atoms with Crippen LogP contribution in [-0.2, 0) is 11.3 Å². The second kappa shape index (κ2) is 7.27. The van der Waals surface area contributed by atoms with Gasteiger partial charge in [0.05, 0.1) is 17.7 Å². The van der Waals surface area contributed by atoms with Gasteiger partial charge < -0.3 is 9.47 Å². The van der Waals surface area contributed by atoms with Crippen LogP contribution >= 0.6 is 15.9 Å². The van der Waals surface area contributed by atoms with E-state index in [1.165, 1.54) is 18.4 Å². The van der Waals surface area contributed by atoms with Gasteiger partial charge in [-0.3, -0.25) is 4.90 Å². The van der Waals surface area contributed by atoms with Crippen molar-refractivity contribution in [3.8, 4) is 5.75 Å². The predicted molar refractivity (Wildman–Crippen MR) is 80.6 cm³/mol. The summed E-state index contributed by atoms with van der Waals surface area (Å²) in [6.45, 7) is 6.06. The Labute approximate surface area is 124 Å². The molecule has 0 saturated carbocycles. The van der Waals surface area contributed by atoms with Crippen molar-refractivity contribution in [3.05, 3.63) is 28.2 Å². The fraction of sp³-hybridized carbons (Fsp3) is 0.600. The first-order valence-corrected chi connectivity index (χ1v) is 7.68. The molecule has 4 heteroatoms. The summed E-state index contributed by atoms with van der Waals surface area (Å²) in [6, 6.07) is 6.29. The van der Waals surface area contributed by atoms with E-state index in [4.69, 9.17) is 9.47 Å². The van der Waals surface area contributed by atoms with Gasteiger partial charge in [-0.15, -0.1) is 0 Å². The first-order chi connectivity index (χ1) is 9.22. The Morgan fingerprint density at radius 2 is 2.26 bits per heavy atom. The molecule has 2 rings (SSSR count). The van der Waals surface area contributed by atoms with E-state index >= 15 is 0 Å². The molecular weight excluding hydrogens is 306 g/mol. The average Bonchev–Trinajstić information content (AvgIpc) is 2.40. The van der Waals surface area contributed by atoms with Gasteiger partial charge in [0.2, 0.25) is 0 Å². The standard InChI is InChI=1S/C15H22BrNO2/c1-3-19-13-5-4-8-17(11-13)10-12-6-7-15(18-2)14(16)9-12/h6-7,9,13H,3-5,8,10-11H2,1-2H3. The monoisotopic (exact) mass is 327 g/mol. The summed E-state index contributed by atoms with van der Waals surface area (Å²) in [4.78, 5) is 2.47. The van der Waals surface area contributed by atoms with Crippen molar-refractivity contribution in [2.45, 2.75) is 32.4 Å². The van der Waals surface area contributed by atoms with E-state index in [0.717, 1.165) is 36.5 Å².